The molecule has 0 heterocycles. The number of fused-ring (bicyclic) bond motifs is 1. The van der Waals surface area contributed by atoms with Gasteiger partial charge in [-0.2, -0.15) is 0 Å². The number of rotatable bonds is 3. The van der Waals surface area contributed by atoms with Crippen LogP contribution in [0.3, 0.4) is 0 Å². The molecule has 0 fully saturated rings. The van der Waals surface area contributed by atoms with Crippen LogP contribution in [0.5, 0.6) is 0 Å². The molecule has 0 unspecified atom stereocenters. The van der Waals surface area contributed by atoms with Gasteiger partial charge in [0.15, 0.2) is 0 Å². The van der Waals surface area contributed by atoms with Crippen molar-refractivity contribution in [2.24, 2.45) is 0 Å². The van der Waals surface area contributed by atoms with Gasteiger partial charge in [-0.25, -0.2) is 12.7 Å². The lowest BCUT2D eigenvalue weighted by molar-refractivity contribution is -0.119. The number of amides is 1. The molecule has 1 aliphatic rings. The van der Waals surface area contributed by atoms with Crippen molar-refractivity contribution in [2.75, 3.05) is 7.05 Å². The maximum Gasteiger partial charge on any atom is 0.267 e. The highest BCUT2D eigenvalue weighted by atomic mass is 35.5. The molecule has 0 aromatic heterocycles. The minimum Gasteiger partial charge on any atom is -0.268 e. The first-order valence-electron chi connectivity index (χ1n) is 7.39. The summed E-state index contributed by atoms with van der Waals surface area (Å²) >= 11 is 5.96. The molecular formula is C18H16ClNO3S. The van der Waals surface area contributed by atoms with Crippen LogP contribution in [-0.2, 0) is 21.2 Å². The van der Waals surface area contributed by atoms with Crippen molar-refractivity contribution >= 4 is 33.1 Å². The maximum absolute atomic E-state index is 12.7. The van der Waals surface area contributed by atoms with Gasteiger partial charge in [0.1, 0.15) is 0 Å². The highest BCUT2D eigenvalue weighted by Crippen LogP contribution is 2.31. The van der Waals surface area contributed by atoms with Crippen molar-refractivity contribution in [2.45, 2.75) is 18.2 Å². The first kappa shape index (κ1) is 16.7. The van der Waals surface area contributed by atoms with Crippen LogP contribution in [0, 0.1) is 6.92 Å². The molecule has 0 saturated heterocycles. The normalized spacial score (nSPS) is 13.4. The van der Waals surface area contributed by atoms with Crippen LogP contribution in [-0.4, -0.2) is 25.7 Å². The zero-order valence-electron chi connectivity index (χ0n) is 13.3. The Balaban J connectivity index is 1.93. The topological polar surface area (TPSA) is 54.5 Å². The van der Waals surface area contributed by atoms with Crippen molar-refractivity contribution in [3.05, 3.63) is 70.3 Å². The largest absolute Gasteiger partial charge is 0.268 e. The fraction of sp³-hybridized carbons (Fsp3) is 0.167. The van der Waals surface area contributed by atoms with Gasteiger partial charge >= 0.3 is 0 Å². The van der Waals surface area contributed by atoms with Gasteiger partial charge in [-0.05, 0) is 48.7 Å². The summed E-state index contributed by atoms with van der Waals surface area (Å²) in [5, 5.41) is 0.594. The average Bonchev–Trinajstić information content (AvgIpc) is 2.96. The SMILES string of the molecule is Cc1ccc(S(=O)(=O)N(C)C(=O)C2=CCc3cc(Cl)ccc32)cc1. The molecule has 0 radical (unpaired) electrons. The van der Waals surface area contributed by atoms with E-state index in [0.29, 0.717) is 17.0 Å². The lowest BCUT2D eigenvalue weighted by Crippen LogP contribution is -2.33. The van der Waals surface area contributed by atoms with E-state index in [4.69, 9.17) is 11.6 Å². The van der Waals surface area contributed by atoms with E-state index >= 15 is 0 Å². The Kier molecular flexibility index (Phi) is 4.24. The second-order valence-electron chi connectivity index (χ2n) is 5.71. The van der Waals surface area contributed by atoms with Crippen molar-refractivity contribution in [1.82, 2.24) is 4.31 Å². The summed E-state index contributed by atoms with van der Waals surface area (Å²) in [4.78, 5) is 12.8. The van der Waals surface area contributed by atoms with Gasteiger partial charge in [-0.1, -0.05) is 41.4 Å². The lowest BCUT2D eigenvalue weighted by Gasteiger charge is -2.19. The van der Waals surface area contributed by atoms with Crippen LogP contribution < -0.4 is 0 Å². The summed E-state index contributed by atoms with van der Waals surface area (Å²) in [6.07, 6.45) is 2.31. The molecule has 0 atom stereocenters. The number of likely N-dealkylation sites (N-methyl/N-ethyl adjacent to an activating group) is 1. The Hall–Kier alpha value is -2.11. The van der Waals surface area contributed by atoms with Gasteiger partial charge in [-0.15, -0.1) is 0 Å². The van der Waals surface area contributed by atoms with E-state index in [-0.39, 0.29) is 4.90 Å². The summed E-state index contributed by atoms with van der Waals surface area (Å²) in [6.45, 7) is 1.87. The second kappa shape index (κ2) is 6.07. The summed E-state index contributed by atoms with van der Waals surface area (Å²) < 4.78 is 26.1. The predicted molar refractivity (Wildman–Crippen MR) is 94.3 cm³/mol. The minimum absolute atomic E-state index is 0.0962. The number of benzene rings is 2. The number of sulfonamides is 1. The third-order valence-electron chi connectivity index (χ3n) is 4.08. The number of hydrogen-bond acceptors (Lipinski definition) is 3. The summed E-state index contributed by atoms with van der Waals surface area (Å²) in [5.41, 5.74) is 2.99. The fourth-order valence-electron chi connectivity index (χ4n) is 2.67. The van der Waals surface area contributed by atoms with Crippen molar-refractivity contribution in [3.63, 3.8) is 0 Å². The molecule has 2 aromatic rings. The number of carbonyl (C=O) groups is 1. The molecule has 4 nitrogen and oxygen atoms in total. The zero-order chi connectivity index (χ0) is 17.5. The fourth-order valence-corrected chi connectivity index (χ4v) is 3.97. The molecule has 0 aliphatic heterocycles. The third kappa shape index (κ3) is 2.85. The van der Waals surface area contributed by atoms with E-state index in [0.717, 1.165) is 21.0 Å². The van der Waals surface area contributed by atoms with Crippen LogP contribution in [0.25, 0.3) is 5.57 Å². The van der Waals surface area contributed by atoms with Gasteiger partial charge in [0.25, 0.3) is 15.9 Å². The van der Waals surface area contributed by atoms with Crippen LogP contribution in [0.2, 0.25) is 5.02 Å². The molecule has 0 saturated carbocycles. The number of allylic oxidation sites excluding steroid dienone is 1. The Bertz CT molecular complexity index is 947. The van der Waals surface area contributed by atoms with E-state index in [1.807, 2.05) is 6.92 Å². The smallest absolute Gasteiger partial charge is 0.267 e. The standard InChI is InChI=1S/C18H16ClNO3S/c1-12-3-7-15(8-4-12)24(22,23)20(2)18(21)17-9-5-13-11-14(19)6-10-16(13)17/h3-4,6-11H,5H2,1-2H3. The van der Waals surface area contributed by atoms with Gasteiger partial charge in [0.2, 0.25) is 0 Å². The van der Waals surface area contributed by atoms with Gasteiger partial charge in [0, 0.05) is 17.6 Å². The number of halogens is 1. The zero-order valence-corrected chi connectivity index (χ0v) is 14.9. The first-order chi connectivity index (χ1) is 11.3. The average molecular weight is 362 g/mol. The molecule has 0 N–H and O–H groups in total. The van der Waals surface area contributed by atoms with E-state index in [9.17, 15) is 13.2 Å². The van der Waals surface area contributed by atoms with Gasteiger partial charge < -0.3 is 0 Å². The van der Waals surface area contributed by atoms with E-state index in [1.54, 1.807) is 36.4 Å². The van der Waals surface area contributed by atoms with Crippen molar-refractivity contribution in [3.8, 4) is 0 Å². The summed E-state index contributed by atoms with van der Waals surface area (Å²) in [5.74, 6) is -0.545. The quantitative estimate of drug-likeness (QED) is 0.841. The van der Waals surface area contributed by atoms with Gasteiger partial charge in [0.05, 0.1) is 4.90 Å². The molecule has 1 amide bonds. The van der Waals surface area contributed by atoms with Gasteiger partial charge in [-0.3, -0.25) is 4.79 Å². The molecule has 0 bridgehead atoms. The molecule has 124 valence electrons. The number of nitrogens with zero attached hydrogens (tertiary/aromatic N) is 1. The summed E-state index contributed by atoms with van der Waals surface area (Å²) in [7, 11) is -2.60. The Morgan fingerprint density at radius 2 is 1.79 bits per heavy atom. The van der Waals surface area contributed by atoms with E-state index in [1.165, 1.54) is 19.2 Å². The Morgan fingerprint density at radius 1 is 1.12 bits per heavy atom. The van der Waals surface area contributed by atoms with E-state index < -0.39 is 15.9 Å². The van der Waals surface area contributed by atoms with Crippen LogP contribution >= 0.6 is 11.6 Å². The summed E-state index contributed by atoms with van der Waals surface area (Å²) in [6, 6.07) is 11.7. The van der Waals surface area contributed by atoms with Crippen molar-refractivity contribution < 1.29 is 13.2 Å². The second-order valence-corrected chi connectivity index (χ2v) is 8.12. The first-order valence-corrected chi connectivity index (χ1v) is 9.21. The van der Waals surface area contributed by atoms with E-state index in [2.05, 4.69) is 0 Å². The van der Waals surface area contributed by atoms with Crippen LogP contribution in [0.15, 0.2) is 53.4 Å². The monoisotopic (exact) mass is 361 g/mol. The molecule has 2 aromatic carbocycles. The Labute approximate surface area is 146 Å². The van der Waals surface area contributed by atoms with Crippen LogP contribution in [0.4, 0.5) is 0 Å². The molecule has 3 rings (SSSR count). The number of hydrogen-bond donors (Lipinski definition) is 0. The number of aryl methyl sites for hydroxylation is 1. The molecule has 24 heavy (non-hydrogen) atoms. The maximum atomic E-state index is 12.7. The highest BCUT2D eigenvalue weighted by Gasteiger charge is 2.30. The third-order valence-corrected chi connectivity index (χ3v) is 6.07. The highest BCUT2D eigenvalue weighted by molar-refractivity contribution is 7.89. The molecule has 6 heteroatoms. The van der Waals surface area contributed by atoms with Crippen LogP contribution in [0.1, 0.15) is 16.7 Å². The minimum atomic E-state index is -3.89. The molecule has 1 aliphatic carbocycles. The lowest BCUT2D eigenvalue weighted by atomic mass is 10.1. The Morgan fingerprint density at radius 3 is 2.46 bits per heavy atom. The number of carbonyl (C=O) groups excluding carboxylic acids is 1. The van der Waals surface area contributed by atoms with Crippen molar-refractivity contribution in [1.29, 1.82) is 0 Å². The predicted octanol–water partition coefficient (Wildman–Crippen LogP) is 3.44. The molecular weight excluding hydrogens is 346 g/mol. The molecule has 0 spiro atoms.